The number of carbonyl (C=O) groups is 1. The SMILES string of the molecule is C=CC(=O)Nc1cc(-c2cnc3[nH]cc(-c4ccnc(OC)c4)c3c2)cn(Cc2ccccc2)c1=O. The van der Waals surface area contributed by atoms with Crippen LogP contribution in [0.5, 0.6) is 5.88 Å². The molecule has 0 aliphatic heterocycles. The molecule has 4 heterocycles. The summed E-state index contributed by atoms with van der Waals surface area (Å²) in [5.74, 6) is 0.0604. The molecule has 8 heteroatoms. The van der Waals surface area contributed by atoms with Gasteiger partial charge in [-0.2, -0.15) is 0 Å². The fourth-order valence-electron chi connectivity index (χ4n) is 4.05. The van der Waals surface area contributed by atoms with Crippen molar-refractivity contribution in [3.05, 3.63) is 108 Å². The lowest BCUT2D eigenvalue weighted by Gasteiger charge is -2.13. The van der Waals surface area contributed by atoms with Gasteiger partial charge in [-0.1, -0.05) is 36.9 Å². The molecular weight excluding hydrogens is 454 g/mol. The third-order valence-electron chi connectivity index (χ3n) is 5.84. The number of hydrogen-bond acceptors (Lipinski definition) is 5. The highest BCUT2D eigenvalue weighted by molar-refractivity contribution is 5.99. The number of nitrogens with zero attached hydrogens (tertiary/aromatic N) is 3. The van der Waals surface area contributed by atoms with Crippen LogP contribution in [-0.4, -0.2) is 32.5 Å². The lowest BCUT2D eigenvalue weighted by Crippen LogP contribution is -2.25. The van der Waals surface area contributed by atoms with Gasteiger partial charge in [-0.15, -0.1) is 0 Å². The van der Waals surface area contributed by atoms with Crippen LogP contribution in [0.4, 0.5) is 5.69 Å². The van der Waals surface area contributed by atoms with Crippen molar-refractivity contribution >= 4 is 22.6 Å². The Hall–Kier alpha value is -4.98. The minimum atomic E-state index is -0.455. The molecule has 1 aromatic carbocycles. The zero-order chi connectivity index (χ0) is 25.1. The lowest BCUT2D eigenvalue weighted by molar-refractivity contribution is -0.111. The van der Waals surface area contributed by atoms with E-state index in [0.29, 0.717) is 12.4 Å². The van der Waals surface area contributed by atoms with Crippen LogP contribution in [0.2, 0.25) is 0 Å². The van der Waals surface area contributed by atoms with E-state index in [2.05, 4.69) is 26.8 Å². The molecule has 8 nitrogen and oxygen atoms in total. The first-order valence-electron chi connectivity index (χ1n) is 11.3. The number of aromatic nitrogens is 4. The second-order valence-corrected chi connectivity index (χ2v) is 8.16. The van der Waals surface area contributed by atoms with Gasteiger partial charge in [-0.05, 0) is 35.4 Å². The molecule has 0 spiro atoms. The van der Waals surface area contributed by atoms with Crippen molar-refractivity contribution in [2.24, 2.45) is 0 Å². The third-order valence-corrected chi connectivity index (χ3v) is 5.84. The molecule has 4 aromatic heterocycles. The van der Waals surface area contributed by atoms with Crippen molar-refractivity contribution in [1.29, 1.82) is 0 Å². The molecule has 2 N–H and O–H groups in total. The minimum absolute atomic E-state index is 0.168. The average Bonchev–Trinajstić information content (AvgIpc) is 3.34. The summed E-state index contributed by atoms with van der Waals surface area (Å²) < 4.78 is 6.86. The van der Waals surface area contributed by atoms with Gasteiger partial charge >= 0.3 is 0 Å². The normalized spacial score (nSPS) is 10.8. The Bertz CT molecular complexity index is 1640. The Balaban J connectivity index is 1.63. The molecule has 1 amide bonds. The minimum Gasteiger partial charge on any atom is -0.481 e. The summed E-state index contributed by atoms with van der Waals surface area (Å²) in [7, 11) is 1.58. The van der Waals surface area contributed by atoms with Gasteiger partial charge in [0.05, 0.1) is 13.7 Å². The Morgan fingerprint density at radius 1 is 1.11 bits per heavy atom. The lowest BCUT2D eigenvalue weighted by atomic mass is 10.0. The van der Waals surface area contributed by atoms with Gasteiger partial charge in [0, 0.05) is 52.9 Å². The number of aromatic amines is 1. The van der Waals surface area contributed by atoms with Crippen LogP contribution in [0.1, 0.15) is 5.56 Å². The highest BCUT2D eigenvalue weighted by Gasteiger charge is 2.14. The maximum atomic E-state index is 13.2. The van der Waals surface area contributed by atoms with Crippen LogP contribution in [0.3, 0.4) is 0 Å². The van der Waals surface area contributed by atoms with E-state index in [1.54, 1.807) is 36.3 Å². The summed E-state index contributed by atoms with van der Waals surface area (Å²) >= 11 is 0. The average molecular weight is 478 g/mol. The van der Waals surface area contributed by atoms with E-state index in [4.69, 9.17) is 4.74 Å². The molecular formula is C28H23N5O3. The summed E-state index contributed by atoms with van der Waals surface area (Å²) in [6.07, 6.45) is 8.24. The second kappa shape index (κ2) is 9.71. The van der Waals surface area contributed by atoms with Crippen molar-refractivity contribution in [3.63, 3.8) is 0 Å². The third kappa shape index (κ3) is 4.52. The molecule has 0 saturated carbocycles. The van der Waals surface area contributed by atoms with Gasteiger partial charge in [0.2, 0.25) is 11.8 Å². The van der Waals surface area contributed by atoms with Crippen molar-refractivity contribution in [3.8, 4) is 28.1 Å². The molecule has 178 valence electrons. The monoisotopic (exact) mass is 477 g/mol. The van der Waals surface area contributed by atoms with E-state index in [1.165, 1.54) is 0 Å². The van der Waals surface area contributed by atoms with Crippen LogP contribution in [0, 0.1) is 0 Å². The Morgan fingerprint density at radius 3 is 2.72 bits per heavy atom. The number of carbonyl (C=O) groups excluding carboxylic acids is 1. The molecule has 0 atom stereocenters. The van der Waals surface area contributed by atoms with Crippen molar-refractivity contribution in [1.82, 2.24) is 19.5 Å². The number of ether oxygens (including phenoxy) is 1. The smallest absolute Gasteiger partial charge is 0.274 e. The van der Waals surface area contributed by atoms with E-state index in [0.717, 1.165) is 44.9 Å². The highest BCUT2D eigenvalue weighted by Crippen LogP contribution is 2.32. The maximum Gasteiger partial charge on any atom is 0.274 e. The summed E-state index contributed by atoms with van der Waals surface area (Å²) in [6, 6.07) is 17.1. The summed E-state index contributed by atoms with van der Waals surface area (Å²) in [4.78, 5) is 37.2. The number of rotatable bonds is 7. The van der Waals surface area contributed by atoms with Gasteiger partial charge < -0.3 is 19.6 Å². The summed E-state index contributed by atoms with van der Waals surface area (Å²) in [5.41, 5.74) is 4.95. The van der Waals surface area contributed by atoms with Crippen LogP contribution in [0.25, 0.3) is 33.3 Å². The van der Waals surface area contributed by atoms with Crippen LogP contribution in [-0.2, 0) is 11.3 Å². The molecule has 0 aliphatic rings. The van der Waals surface area contributed by atoms with Crippen LogP contribution < -0.4 is 15.6 Å². The number of methoxy groups -OCH3 is 1. The zero-order valence-corrected chi connectivity index (χ0v) is 19.6. The zero-order valence-electron chi connectivity index (χ0n) is 19.6. The number of hydrogen-bond donors (Lipinski definition) is 2. The number of H-pyrrole nitrogens is 1. The predicted octanol–water partition coefficient (Wildman–Crippen LogP) is 4.64. The van der Waals surface area contributed by atoms with E-state index in [9.17, 15) is 9.59 Å². The largest absolute Gasteiger partial charge is 0.481 e. The molecule has 0 aliphatic carbocycles. The van der Waals surface area contributed by atoms with E-state index in [1.807, 2.05) is 54.7 Å². The van der Waals surface area contributed by atoms with E-state index >= 15 is 0 Å². The fraction of sp³-hybridized carbons (Fsp3) is 0.0714. The second-order valence-electron chi connectivity index (χ2n) is 8.16. The van der Waals surface area contributed by atoms with Gasteiger partial charge in [0.1, 0.15) is 11.3 Å². The number of nitrogens with one attached hydrogen (secondary N) is 2. The van der Waals surface area contributed by atoms with Crippen molar-refractivity contribution in [2.75, 3.05) is 12.4 Å². The van der Waals surface area contributed by atoms with E-state index < -0.39 is 5.91 Å². The topological polar surface area (TPSA) is 102 Å². The first-order chi connectivity index (χ1) is 17.6. The molecule has 0 fully saturated rings. The Morgan fingerprint density at radius 2 is 1.94 bits per heavy atom. The number of amides is 1. The standard InChI is InChI=1S/C28H23N5O3/c1-3-25(34)32-24-12-21(17-33(28(24)35)16-18-7-5-4-6-8-18)20-11-22-23(15-31-27(22)30-14-20)19-9-10-29-26(13-19)36-2/h3-15,17H,1,16H2,2H3,(H,30,31)(H,32,34). The predicted molar refractivity (Wildman–Crippen MR) is 140 cm³/mol. The Kier molecular flexibility index (Phi) is 6.15. The van der Waals surface area contributed by atoms with Crippen LogP contribution >= 0.6 is 0 Å². The van der Waals surface area contributed by atoms with Crippen LogP contribution in [0.15, 0.2) is 96.8 Å². The van der Waals surface area contributed by atoms with Crippen molar-refractivity contribution in [2.45, 2.75) is 6.54 Å². The first-order valence-corrected chi connectivity index (χ1v) is 11.3. The molecule has 36 heavy (non-hydrogen) atoms. The molecule has 0 saturated heterocycles. The molecule has 0 bridgehead atoms. The number of fused-ring (bicyclic) bond motifs is 1. The molecule has 0 unspecified atom stereocenters. The quantitative estimate of drug-likeness (QED) is 0.333. The van der Waals surface area contributed by atoms with Gasteiger partial charge in [-0.3, -0.25) is 9.59 Å². The van der Waals surface area contributed by atoms with Gasteiger partial charge in [0.25, 0.3) is 5.56 Å². The first kappa shape index (κ1) is 22.8. The number of pyridine rings is 3. The van der Waals surface area contributed by atoms with Gasteiger partial charge in [-0.25, -0.2) is 9.97 Å². The fourth-order valence-corrected chi connectivity index (χ4v) is 4.05. The highest BCUT2D eigenvalue weighted by atomic mass is 16.5. The Labute approximate surface area is 206 Å². The van der Waals surface area contributed by atoms with Gasteiger partial charge in [0.15, 0.2) is 0 Å². The number of anilines is 1. The van der Waals surface area contributed by atoms with Crippen molar-refractivity contribution < 1.29 is 9.53 Å². The summed E-state index contributed by atoms with van der Waals surface area (Å²) in [6.45, 7) is 3.84. The molecule has 0 radical (unpaired) electrons. The maximum absolute atomic E-state index is 13.2. The molecule has 5 aromatic rings. The van der Waals surface area contributed by atoms with E-state index in [-0.39, 0.29) is 11.2 Å². The molecule has 5 rings (SSSR count). The number of benzene rings is 1. The summed E-state index contributed by atoms with van der Waals surface area (Å²) in [5, 5.41) is 3.54.